The number of carbonyl (C=O) groups is 2. The van der Waals surface area contributed by atoms with Crippen molar-refractivity contribution < 1.29 is 9.59 Å². The Labute approximate surface area is 112 Å². The van der Waals surface area contributed by atoms with Crippen molar-refractivity contribution >= 4 is 34.2 Å². The van der Waals surface area contributed by atoms with Crippen LogP contribution in [0, 0.1) is 3.57 Å². The number of halogens is 1. The van der Waals surface area contributed by atoms with Crippen LogP contribution < -0.4 is 0 Å². The first-order chi connectivity index (χ1) is 8.18. The van der Waals surface area contributed by atoms with E-state index in [0.29, 0.717) is 11.1 Å². The van der Waals surface area contributed by atoms with Gasteiger partial charge in [-0.25, -0.2) is 0 Å². The van der Waals surface area contributed by atoms with Crippen molar-refractivity contribution in [2.75, 3.05) is 0 Å². The van der Waals surface area contributed by atoms with Gasteiger partial charge < -0.3 is 0 Å². The van der Waals surface area contributed by atoms with Gasteiger partial charge in [0.1, 0.15) is 0 Å². The maximum atomic E-state index is 11.9. The van der Waals surface area contributed by atoms with Gasteiger partial charge in [0.15, 0.2) is 0 Å². The molecule has 0 saturated carbocycles. The Kier molecular flexibility index (Phi) is 3.63. The highest BCUT2D eigenvalue weighted by Gasteiger charge is 2.17. The SMILES string of the molecule is O=C(C(=O)c1cccc(I)c1)c1ccncc1. The minimum Gasteiger partial charge on any atom is -0.285 e. The molecule has 0 fully saturated rings. The molecule has 0 bridgehead atoms. The third-order valence-electron chi connectivity index (χ3n) is 2.24. The average molecular weight is 337 g/mol. The first kappa shape index (κ1) is 11.9. The molecule has 1 heterocycles. The van der Waals surface area contributed by atoms with Gasteiger partial charge in [-0.15, -0.1) is 0 Å². The van der Waals surface area contributed by atoms with E-state index in [1.807, 2.05) is 6.07 Å². The first-order valence-electron chi connectivity index (χ1n) is 4.93. The molecule has 0 spiro atoms. The fourth-order valence-electron chi connectivity index (χ4n) is 1.40. The molecule has 0 aliphatic carbocycles. The van der Waals surface area contributed by atoms with E-state index < -0.39 is 11.6 Å². The van der Waals surface area contributed by atoms with Crippen LogP contribution in [-0.2, 0) is 0 Å². The van der Waals surface area contributed by atoms with Crippen molar-refractivity contribution in [3.63, 3.8) is 0 Å². The summed E-state index contributed by atoms with van der Waals surface area (Å²) in [5.41, 5.74) is 0.780. The molecule has 0 amide bonds. The van der Waals surface area contributed by atoms with Crippen molar-refractivity contribution in [3.8, 4) is 0 Å². The van der Waals surface area contributed by atoms with E-state index in [1.54, 1.807) is 18.2 Å². The molecule has 0 N–H and O–H groups in total. The Morgan fingerprint density at radius 1 is 0.941 bits per heavy atom. The largest absolute Gasteiger partial charge is 0.285 e. The zero-order valence-electron chi connectivity index (χ0n) is 8.76. The molecule has 2 aromatic rings. The summed E-state index contributed by atoms with van der Waals surface area (Å²) in [4.78, 5) is 27.6. The van der Waals surface area contributed by atoms with Crippen molar-refractivity contribution in [2.24, 2.45) is 0 Å². The van der Waals surface area contributed by atoms with E-state index in [0.717, 1.165) is 3.57 Å². The Morgan fingerprint density at radius 3 is 2.24 bits per heavy atom. The minimum atomic E-state index is -0.505. The molecule has 3 nitrogen and oxygen atoms in total. The number of carbonyl (C=O) groups excluding carboxylic acids is 2. The molecule has 1 aromatic heterocycles. The summed E-state index contributed by atoms with van der Waals surface area (Å²) in [6.07, 6.45) is 2.99. The van der Waals surface area contributed by atoms with Crippen LogP contribution in [0.4, 0.5) is 0 Å². The molecule has 17 heavy (non-hydrogen) atoms. The molecule has 0 unspecified atom stereocenters. The van der Waals surface area contributed by atoms with Crippen molar-refractivity contribution in [3.05, 3.63) is 63.5 Å². The van der Waals surface area contributed by atoms with Gasteiger partial charge in [0, 0.05) is 27.1 Å². The number of hydrogen-bond donors (Lipinski definition) is 0. The molecular weight excluding hydrogens is 329 g/mol. The summed E-state index contributed by atoms with van der Waals surface area (Å²) in [6, 6.07) is 10.0. The average Bonchev–Trinajstić information content (AvgIpc) is 2.38. The summed E-state index contributed by atoms with van der Waals surface area (Å²) in [6.45, 7) is 0. The number of pyridine rings is 1. The summed E-state index contributed by atoms with van der Waals surface area (Å²) in [7, 11) is 0. The normalized spacial score (nSPS) is 9.94. The maximum absolute atomic E-state index is 11.9. The van der Waals surface area contributed by atoms with E-state index in [1.165, 1.54) is 24.5 Å². The van der Waals surface area contributed by atoms with E-state index in [-0.39, 0.29) is 0 Å². The van der Waals surface area contributed by atoms with Crippen LogP contribution in [0.15, 0.2) is 48.8 Å². The number of ketones is 2. The van der Waals surface area contributed by atoms with Crippen LogP contribution in [0.2, 0.25) is 0 Å². The molecule has 1 aromatic carbocycles. The Hall–Kier alpha value is -1.56. The molecular formula is C13H8INO2. The van der Waals surface area contributed by atoms with Crippen molar-refractivity contribution in [1.82, 2.24) is 4.98 Å². The zero-order chi connectivity index (χ0) is 12.3. The van der Waals surface area contributed by atoms with Crippen molar-refractivity contribution in [1.29, 1.82) is 0 Å². The van der Waals surface area contributed by atoms with Crippen LogP contribution in [0.5, 0.6) is 0 Å². The van der Waals surface area contributed by atoms with E-state index in [4.69, 9.17) is 0 Å². The van der Waals surface area contributed by atoms with Gasteiger partial charge in [-0.3, -0.25) is 14.6 Å². The Balaban J connectivity index is 2.30. The molecule has 84 valence electrons. The number of nitrogens with zero attached hydrogens (tertiary/aromatic N) is 1. The van der Waals surface area contributed by atoms with Gasteiger partial charge in [-0.1, -0.05) is 12.1 Å². The lowest BCUT2D eigenvalue weighted by Gasteiger charge is -2.00. The molecule has 0 atom stereocenters. The highest BCUT2D eigenvalue weighted by Crippen LogP contribution is 2.11. The second-order valence-corrected chi connectivity index (χ2v) is 4.65. The van der Waals surface area contributed by atoms with Crippen LogP contribution in [0.3, 0.4) is 0 Å². The number of aromatic nitrogens is 1. The highest BCUT2D eigenvalue weighted by atomic mass is 127. The quantitative estimate of drug-likeness (QED) is 0.492. The zero-order valence-corrected chi connectivity index (χ0v) is 10.9. The van der Waals surface area contributed by atoms with Crippen LogP contribution >= 0.6 is 22.6 Å². The summed E-state index contributed by atoms with van der Waals surface area (Å²) in [5, 5.41) is 0. The first-order valence-corrected chi connectivity index (χ1v) is 6.01. The fourth-order valence-corrected chi connectivity index (χ4v) is 1.94. The summed E-state index contributed by atoms with van der Waals surface area (Å²) in [5.74, 6) is -0.996. The molecule has 0 saturated heterocycles. The standard InChI is InChI=1S/C13H8INO2/c14-11-3-1-2-10(8-11)13(17)12(16)9-4-6-15-7-5-9/h1-8H. The molecule has 0 aliphatic heterocycles. The maximum Gasteiger partial charge on any atom is 0.233 e. The van der Waals surface area contributed by atoms with Gasteiger partial charge in [0.25, 0.3) is 0 Å². The number of rotatable bonds is 3. The van der Waals surface area contributed by atoms with Crippen LogP contribution in [0.1, 0.15) is 20.7 Å². The second kappa shape index (κ2) is 5.18. The fraction of sp³-hybridized carbons (Fsp3) is 0. The van der Waals surface area contributed by atoms with E-state index in [2.05, 4.69) is 27.6 Å². The van der Waals surface area contributed by atoms with Gasteiger partial charge in [0.05, 0.1) is 0 Å². The number of Topliss-reactive ketones (excluding diaryl/α,β-unsaturated/α-hetero) is 2. The third kappa shape index (κ3) is 2.76. The van der Waals surface area contributed by atoms with Gasteiger partial charge in [-0.2, -0.15) is 0 Å². The van der Waals surface area contributed by atoms with E-state index in [9.17, 15) is 9.59 Å². The Bertz CT molecular complexity index is 567. The minimum absolute atomic E-state index is 0.365. The predicted octanol–water partition coefficient (Wildman–Crippen LogP) is 2.75. The molecule has 2 rings (SSSR count). The van der Waals surface area contributed by atoms with Crippen molar-refractivity contribution in [2.45, 2.75) is 0 Å². The summed E-state index contributed by atoms with van der Waals surface area (Å²) >= 11 is 2.10. The Morgan fingerprint density at radius 2 is 1.59 bits per heavy atom. The monoisotopic (exact) mass is 337 g/mol. The molecule has 0 aliphatic rings. The smallest absolute Gasteiger partial charge is 0.233 e. The predicted molar refractivity (Wildman–Crippen MR) is 72.1 cm³/mol. The summed E-state index contributed by atoms with van der Waals surface area (Å²) < 4.78 is 0.927. The van der Waals surface area contributed by atoms with Crippen LogP contribution in [-0.4, -0.2) is 16.6 Å². The van der Waals surface area contributed by atoms with Crippen LogP contribution in [0.25, 0.3) is 0 Å². The second-order valence-electron chi connectivity index (χ2n) is 3.40. The van der Waals surface area contributed by atoms with Gasteiger partial charge in [0.2, 0.25) is 11.6 Å². The molecule has 0 radical (unpaired) electrons. The van der Waals surface area contributed by atoms with E-state index >= 15 is 0 Å². The topological polar surface area (TPSA) is 47.0 Å². The molecule has 4 heteroatoms. The lowest BCUT2D eigenvalue weighted by Crippen LogP contribution is -2.14. The third-order valence-corrected chi connectivity index (χ3v) is 2.91. The van der Waals surface area contributed by atoms with Gasteiger partial charge >= 0.3 is 0 Å². The number of benzene rings is 1. The highest BCUT2D eigenvalue weighted by molar-refractivity contribution is 14.1. The van der Waals surface area contributed by atoms with Gasteiger partial charge in [-0.05, 0) is 46.9 Å². The lowest BCUT2D eigenvalue weighted by molar-refractivity contribution is 0.0817. The lowest BCUT2D eigenvalue weighted by atomic mass is 10.0. The number of hydrogen-bond acceptors (Lipinski definition) is 3.